The van der Waals surface area contributed by atoms with Gasteiger partial charge in [0.05, 0.1) is 18.3 Å². The first kappa shape index (κ1) is 12.3. The molecule has 0 aliphatic carbocycles. The third kappa shape index (κ3) is 2.04. The van der Waals surface area contributed by atoms with Crippen LogP contribution in [-0.4, -0.2) is 9.55 Å². The zero-order valence-corrected chi connectivity index (χ0v) is 12.0. The molecular weight excluding hydrogens is 280 g/mol. The van der Waals surface area contributed by atoms with E-state index in [2.05, 4.69) is 4.98 Å². The molecule has 2 aromatic heterocycles. The van der Waals surface area contributed by atoms with Crippen molar-refractivity contribution in [2.45, 2.75) is 6.54 Å². The fourth-order valence-corrected chi connectivity index (χ4v) is 3.58. The van der Waals surface area contributed by atoms with Gasteiger partial charge in [-0.1, -0.05) is 48.5 Å². The van der Waals surface area contributed by atoms with Gasteiger partial charge in [-0.05, 0) is 11.6 Å². The summed E-state index contributed by atoms with van der Waals surface area (Å²) in [5.74, 6) is 0. The maximum absolute atomic E-state index is 12.7. The normalized spacial score (nSPS) is 11.2. The molecule has 0 saturated carbocycles. The molecule has 0 amide bonds. The third-order valence-corrected chi connectivity index (χ3v) is 4.64. The Morgan fingerprint density at radius 3 is 2.62 bits per heavy atom. The smallest absolute Gasteiger partial charge is 0.263 e. The van der Waals surface area contributed by atoms with Gasteiger partial charge in [-0.2, -0.15) is 0 Å². The summed E-state index contributed by atoms with van der Waals surface area (Å²) in [5, 5.41) is 1.73. The van der Waals surface area contributed by atoms with E-state index in [0.717, 1.165) is 25.9 Å². The van der Waals surface area contributed by atoms with Crippen LogP contribution < -0.4 is 5.56 Å². The van der Waals surface area contributed by atoms with Crippen LogP contribution >= 0.6 is 11.3 Å². The van der Waals surface area contributed by atoms with Gasteiger partial charge in [0, 0.05) is 10.1 Å². The third-order valence-electron chi connectivity index (χ3n) is 3.56. The van der Waals surface area contributed by atoms with Crippen molar-refractivity contribution in [1.29, 1.82) is 0 Å². The van der Waals surface area contributed by atoms with Gasteiger partial charge in [0.25, 0.3) is 5.56 Å². The Kier molecular flexibility index (Phi) is 2.82. The van der Waals surface area contributed by atoms with E-state index in [4.69, 9.17) is 0 Å². The van der Waals surface area contributed by atoms with E-state index in [1.54, 1.807) is 22.2 Å². The van der Waals surface area contributed by atoms with Crippen molar-refractivity contribution in [3.05, 3.63) is 76.8 Å². The van der Waals surface area contributed by atoms with Crippen LogP contribution in [0.25, 0.3) is 20.3 Å². The summed E-state index contributed by atoms with van der Waals surface area (Å²) >= 11 is 1.57. The lowest BCUT2D eigenvalue weighted by atomic mass is 10.2. The summed E-state index contributed by atoms with van der Waals surface area (Å²) in [6.07, 6.45) is 1.65. The van der Waals surface area contributed by atoms with Crippen LogP contribution in [0, 0.1) is 0 Å². The molecule has 21 heavy (non-hydrogen) atoms. The van der Waals surface area contributed by atoms with Gasteiger partial charge in [0.2, 0.25) is 0 Å². The minimum atomic E-state index is 0.0290. The molecule has 0 fully saturated rings. The van der Waals surface area contributed by atoms with E-state index >= 15 is 0 Å². The molecule has 0 unspecified atom stereocenters. The molecule has 2 heterocycles. The van der Waals surface area contributed by atoms with Gasteiger partial charge in [-0.25, -0.2) is 4.98 Å². The van der Waals surface area contributed by atoms with E-state index in [0.29, 0.717) is 6.54 Å². The van der Waals surface area contributed by atoms with Crippen molar-refractivity contribution in [2.24, 2.45) is 0 Å². The summed E-state index contributed by atoms with van der Waals surface area (Å²) in [7, 11) is 0. The summed E-state index contributed by atoms with van der Waals surface area (Å²) in [5.41, 5.74) is 1.13. The average molecular weight is 292 g/mol. The predicted octanol–water partition coefficient (Wildman–Crippen LogP) is 3.66. The fraction of sp³-hybridized carbons (Fsp3) is 0.0588. The van der Waals surface area contributed by atoms with E-state index in [1.807, 2.05) is 54.6 Å². The van der Waals surface area contributed by atoms with Crippen molar-refractivity contribution in [2.75, 3.05) is 0 Å². The second-order valence-corrected chi connectivity index (χ2v) is 5.97. The van der Waals surface area contributed by atoms with Crippen LogP contribution in [0.2, 0.25) is 0 Å². The second-order valence-electron chi connectivity index (χ2n) is 4.94. The van der Waals surface area contributed by atoms with Crippen molar-refractivity contribution >= 4 is 31.6 Å². The largest absolute Gasteiger partial charge is 0.294 e. The molecule has 3 nitrogen and oxygen atoms in total. The Morgan fingerprint density at radius 2 is 1.76 bits per heavy atom. The predicted molar refractivity (Wildman–Crippen MR) is 86.9 cm³/mol. The first-order valence-electron chi connectivity index (χ1n) is 6.73. The van der Waals surface area contributed by atoms with Crippen molar-refractivity contribution < 1.29 is 0 Å². The topological polar surface area (TPSA) is 34.9 Å². The highest BCUT2D eigenvalue weighted by molar-refractivity contribution is 7.25. The quantitative estimate of drug-likeness (QED) is 0.565. The molecule has 4 heteroatoms. The highest BCUT2D eigenvalue weighted by Gasteiger charge is 2.11. The van der Waals surface area contributed by atoms with Crippen LogP contribution in [-0.2, 0) is 6.54 Å². The van der Waals surface area contributed by atoms with E-state index in [-0.39, 0.29) is 5.56 Å². The van der Waals surface area contributed by atoms with Crippen LogP contribution in [0.15, 0.2) is 65.7 Å². The number of thiophene rings is 1. The number of fused-ring (bicyclic) bond motifs is 3. The summed E-state index contributed by atoms with van der Waals surface area (Å²) in [4.78, 5) is 18.0. The van der Waals surface area contributed by atoms with E-state index in [1.165, 1.54) is 0 Å². The van der Waals surface area contributed by atoms with Crippen molar-refractivity contribution in [3.8, 4) is 0 Å². The Hall–Kier alpha value is -2.46. The SMILES string of the molecule is O=c1c2c(ncn1Cc1ccccc1)sc1ccccc12. The standard InChI is InChI=1S/C17H12N2OS/c20-17-15-13-8-4-5-9-14(13)21-16(15)18-11-19(17)10-12-6-2-1-3-7-12/h1-9,11H,10H2. The molecule has 4 rings (SSSR count). The Balaban J connectivity index is 1.93. The van der Waals surface area contributed by atoms with Crippen molar-refractivity contribution in [1.82, 2.24) is 9.55 Å². The molecule has 0 radical (unpaired) electrons. The number of hydrogen-bond acceptors (Lipinski definition) is 3. The Morgan fingerprint density at radius 1 is 1.00 bits per heavy atom. The molecular formula is C17H12N2OS. The number of benzene rings is 2. The molecule has 0 atom stereocenters. The number of rotatable bonds is 2. The lowest BCUT2D eigenvalue weighted by Crippen LogP contribution is -2.20. The van der Waals surface area contributed by atoms with E-state index in [9.17, 15) is 4.79 Å². The van der Waals surface area contributed by atoms with Gasteiger partial charge in [-0.3, -0.25) is 9.36 Å². The molecule has 0 aliphatic rings. The minimum Gasteiger partial charge on any atom is -0.294 e. The molecule has 0 spiro atoms. The zero-order chi connectivity index (χ0) is 14.2. The molecule has 0 aliphatic heterocycles. The maximum Gasteiger partial charge on any atom is 0.263 e. The first-order chi connectivity index (χ1) is 10.3. The van der Waals surface area contributed by atoms with Crippen LogP contribution in [0.3, 0.4) is 0 Å². The molecule has 102 valence electrons. The first-order valence-corrected chi connectivity index (χ1v) is 7.55. The Labute approximate surface area is 125 Å². The molecule has 0 N–H and O–H groups in total. The number of aromatic nitrogens is 2. The Bertz CT molecular complexity index is 986. The molecule has 4 aromatic rings. The van der Waals surface area contributed by atoms with Crippen LogP contribution in [0.1, 0.15) is 5.56 Å². The lowest BCUT2D eigenvalue weighted by molar-refractivity contribution is 0.750. The summed E-state index contributed by atoms with van der Waals surface area (Å²) in [6, 6.07) is 17.9. The fourth-order valence-electron chi connectivity index (χ4n) is 2.54. The molecule has 0 bridgehead atoms. The highest BCUT2D eigenvalue weighted by atomic mass is 32.1. The monoisotopic (exact) mass is 292 g/mol. The summed E-state index contributed by atoms with van der Waals surface area (Å²) in [6.45, 7) is 0.548. The van der Waals surface area contributed by atoms with Gasteiger partial charge in [0.1, 0.15) is 4.83 Å². The highest BCUT2D eigenvalue weighted by Crippen LogP contribution is 2.29. The zero-order valence-electron chi connectivity index (χ0n) is 11.2. The number of nitrogens with zero attached hydrogens (tertiary/aromatic N) is 2. The second kappa shape index (κ2) is 4.82. The summed E-state index contributed by atoms with van der Waals surface area (Å²) < 4.78 is 2.78. The lowest BCUT2D eigenvalue weighted by Gasteiger charge is -2.05. The van der Waals surface area contributed by atoms with Gasteiger partial charge in [-0.15, -0.1) is 11.3 Å². The molecule has 2 aromatic carbocycles. The van der Waals surface area contributed by atoms with Gasteiger partial charge >= 0.3 is 0 Å². The minimum absolute atomic E-state index is 0.0290. The maximum atomic E-state index is 12.7. The van der Waals surface area contributed by atoms with Crippen LogP contribution in [0.5, 0.6) is 0 Å². The van der Waals surface area contributed by atoms with Crippen LogP contribution in [0.4, 0.5) is 0 Å². The van der Waals surface area contributed by atoms with E-state index < -0.39 is 0 Å². The average Bonchev–Trinajstić information content (AvgIpc) is 2.90. The van der Waals surface area contributed by atoms with Gasteiger partial charge in [0.15, 0.2) is 0 Å². The number of hydrogen-bond donors (Lipinski definition) is 0. The van der Waals surface area contributed by atoms with Gasteiger partial charge < -0.3 is 0 Å². The molecule has 0 saturated heterocycles. The van der Waals surface area contributed by atoms with Crippen molar-refractivity contribution in [3.63, 3.8) is 0 Å².